The van der Waals surface area contributed by atoms with Crippen LogP contribution in [-0.2, 0) is 0 Å². The van der Waals surface area contributed by atoms with E-state index in [1.807, 2.05) is 19.3 Å². The van der Waals surface area contributed by atoms with Crippen molar-refractivity contribution in [2.24, 2.45) is 16.9 Å². The number of nitrogens with two attached hydrogens (primary N) is 1. The summed E-state index contributed by atoms with van der Waals surface area (Å²) in [5, 5.41) is 5.87. The average Bonchev–Trinajstić information content (AvgIpc) is 3.57. The fraction of sp³-hybridized carbons (Fsp3) is 0.440. The number of aryl methyl sites for hydroxylation is 1. The maximum absolute atomic E-state index is 4.60. The molecule has 2 aliphatic heterocycles. The molecule has 2 aromatic rings. The van der Waals surface area contributed by atoms with Crippen LogP contribution in [0.2, 0.25) is 0 Å². The van der Waals surface area contributed by atoms with Gasteiger partial charge in [-0.25, -0.2) is 5.53 Å². The van der Waals surface area contributed by atoms with Gasteiger partial charge < -0.3 is 4.90 Å². The van der Waals surface area contributed by atoms with Crippen LogP contribution in [0.3, 0.4) is 0 Å². The number of rotatable bonds is 4. The van der Waals surface area contributed by atoms with E-state index < -0.39 is 0 Å². The van der Waals surface area contributed by atoms with Gasteiger partial charge in [-0.1, -0.05) is 51.3 Å². The van der Waals surface area contributed by atoms with Crippen LogP contribution in [0.15, 0.2) is 53.9 Å². The van der Waals surface area contributed by atoms with E-state index in [1.54, 1.807) is 12.2 Å². The Balaban J connectivity index is 0.000000452. The lowest BCUT2D eigenvalue weighted by Gasteiger charge is -2.22. The van der Waals surface area contributed by atoms with Crippen molar-refractivity contribution in [1.29, 1.82) is 0 Å². The SMILES string of the molecule is C1CC1.C=C1CC(CC)CN1c1ccc(-c2ccc(C3=NNN(C)N3)nc2)cc1C.CNN. The van der Waals surface area contributed by atoms with Gasteiger partial charge in [-0.2, -0.15) is 0 Å². The zero-order valence-electron chi connectivity index (χ0n) is 20.4. The average molecular weight is 451 g/mol. The van der Waals surface area contributed by atoms with E-state index in [0.717, 1.165) is 24.2 Å². The van der Waals surface area contributed by atoms with Crippen molar-refractivity contribution in [3.63, 3.8) is 0 Å². The summed E-state index contributed by atoms with van der Waals surface area (Å²) in [4.78, 5) is 6.93. The van der Waals surface area contributed by atoms with Crippen molar-refractivity contribution in [2.75, 3.05) is 25.5 Å². The summed E-state index contributed by atoms with van der Waals surface area (Å²) < 4.78 is 0. The summed E-state index contributed by atoms with van der Waals surface area (Å²) >= 11 is 0. The molecule has 5 N–H and O–H groups in total. The van der Waals surface area contributed by atoms with Crippen LogP contribution < -0.4 is 27.1 Å². The number of pyridine rings is 1. The molecule has 33 heavy (non-hydrogen) atoms. The Hall–Kier alpha value is -2.94. The lowest BCUT2D eigenvalue weighted by Crippen LogP contribution is -2.37. The zero-order chi connectivity index (χ0) is 23.8. The highest BCUT2D eigenvalue weighted by atomic mass is 15.9. The third-order valence-electron chi connectivity index (χ3n) is 5.69. The highest BCUT2D eigenvalue weighted by Gasteiger charge is 2.25. The fourth-order valence-electron chi connectivity index (χ4n) is 3.73. The molecule has 0 spiro atoms. The molecule has 1 saturated heterocycles. The van der Waals surface area contributed by atoms with Gasteiger partial charge in [-0.15, -0.1) is 10.2 Å². The predicted octanol–water partition coefficient (Wildman–Crippen LogP) is 3.67. The van der Waals surface area contributed by atoms with Gasteiger partial charge in [-0.3, -0.25) is 21.7 Å². The molecule has 178 valence electrons. The number of aromatic nitrogens is 1. The van der Waals surface area contributed by atoms with E-state index >= 15 is 0 Å². The minimum atomic E-state index is 0.716. The molecule has 0 radical (unpaired) electrons. The van der Waals surface area contributed by atoms with Crippen molar-refractivity contribution in [3.05, 3.63) is 60.1 Å². The fourth-order valence-corrected chi connectivity index (χ4v) is 3.73. The molecule has 8 heteroatoms. The summed E-state index contributed by atoms with van der Waals surface area (Å²) in [6.07, 6.45) is 8.70. The number of nitrogens with zero attached hydrogens (tertiary/aromatic N) is 4. The van der Waals surface area contributed by atoms with E-state index in [1.165, 1.54) is 48.2 Å². The van der Waals surface area contributed by atoms with Crippen LogP contribution in [0.25, 0.3) is 11.1 Å². The first-order valence-electron chi connectivity index (χ1n) is 11.7. The molecule has 5 rings (SSSR count). The first-order valence-corrected chi connectivity index (χ1v) is 11.7. The number of benzene rings is 1. The summed E-state index contributed by atoms with van der Waals surface area (Å²) in [5.41, 5.74) is 15.0. The molecule has 2 fully saturated rings. The van der Waals surface area contributed by atoms with Gasteiger partial charge in [-0.05, 0) is 55.6 Å². The van der Waals surface area contributed by atoms with E-state index in [0.29, 0.717) is 11.8 Å². The molecule has 1 unspecified atom stereocenters. The second-order valence-corrected chi connectivity index (χ2v) is 8.67. The normalized spacial score (nSPS) is 18.9. The summed E-state index contributed by atoms with van der Waals surface area (Å²) in [6, 6.07) is 10.7. The number of amidine groups is 1. The number of hydrazine groups is 3. The van der Waals surface area contributed by atoms with Crippen LogP contribution >= 0.6 is 0 Å². The van der Waals surface area contributed by atoms with Crippen molar-refractivity contribution in [2.45, 2.75) is 46.0 Å². The summed E-state index contributed by atoms with van der Waals surface area (Å²) in [6.45, 7) is 9.78. The Kier molecular flexibility index (Phi) is 8.82. The monoisotopic (exact) mass is 450 g/mol. The molecule has 1 saturated carbocycles. The molecule has 1 aliphatic carbocycles. The Morgan fingerprint density at radius 2 is 1.88 bits per heavy atom. The highest BCUT2D eigenvalue weighted by Crippen LogP contribution is 2.35. The Labute approximate surface area is 197 Å². The highest BCUT2D eigenvalue weighted by molar-refractivity contribution is 5.97. The van der Waals surface area contributed by atoms with Gasteiger partial charge in [0.2, 0.25) is 0 Å². The van der Waals surface area contributed by atoms with Crippen LogP contribution in [0, 0.1) is 12.8 Å². The lowest BCUT2D eigenvalue weighted by atomic mass is 10.0. The van der Waals surface area contributed by atoms with Gasteiger partial charge in [0.15, 0.2) is 5.84 Å². The van der Waals surface area contributed by atoms with Crippen LogP contribution in [0.4, 0.5) is 5.69 Å². The van der Waals surface area contributed by atoms with E-state index in [2.05, 4.69) is 81.9 Å². The van der Waals surface area contributed by atoms with Gasteiger partial charge in [0.25, 0.3) is 0 Å². The van der Waals surface area contributed by atoms with Gasteiger partial charge in [0.1, 0.15) is 5.69 Å². The first-order chi connectivity index (χ1) is 16.0. The predicted molar refractivity (Wildman–Crippen MR) is 137 cm³/mol. The van der Waals surface area contributed by atoms with Crippen molar-refractivity contribution in [1.82, 2.24) is 26.5 Å². The number of nitrogens with one attached hydrogen (secondary N) is 3. The molecule has 3 heterocycles. The second-order valence-electron chi connectivity index (χ2n) is 8.67. The molecule has 0 amide bonds. The first kappa shape index (κ1) is 24.7. The smallest absolute Gasteiger partial charge is 0.189 e. The molecule has 1 aromatic carbocycles. The minimum Gasteiger partial charge on any atom is -0.345 e. The number of hydrogen-bond donors (Lipinski definition) is 4. The van der Waals surface area contributed by atoms with Crippen molar-refractivity contribution < 1.29 is 0 Å². The van der Waals surface area contributed by atoms with E-state index in [-0.39, 0.29) is 0 Å². The quantitative estimate of drug-likeness (QED) is 0.417. The minimum absolute atomic E-state index is 0.716. The van der Waals surface area contributed by atoms with Crippen molar-refractivity contribution in [3.8, 4) is 11.1 Å². The van der Waals surface area contributed by atoms with E-state index in [4.69, 9.17) is 0 Å². The number of anilines is 1. The summed E-state index contributed by atoms with van der Waals surface area (Å²) in [5.74, 6) is 6.03. The van der Waals surface area contributed by atoms with Crippen LogP contribution in [0.5, 0.6) is 0 Å². The number of allylic oxidation sites excluding steroid dienone is 1. The molecule has 0 bridgehead atoms. The number of hydrazone groups is 1. The van der Waals surface area contributed by atoms with E-state index in [9.17, 15) is 0 Å². The maximum atomic E-state index is 4.60. The molecular weight excluding hydrogens is 412 g/mol. The number of hydrogen-bond acceptors (Lipinski definition) is 8. The zero-order valence-corrected chi connectivity index (χ0v) is 20.4. The third kappa shape index (κ3) is 6.77. The maximum Gasteiger partial charge on any atom is 0.189 e. The summed E-state index contributed by atoms with van der Waals surface area (Å²) in [7, 11) is 3.51. The molecular formula is C25H38N8. The lowest BCUT2D eigenvalue weighted by molar-refractivity contribution is 0.231. The van der Waals surface area contributed by atoms with Crippen LogP contribution in [0.1, 0.15) is 50.3 Å². The Morgan fingerprint density at radius 1 is 1.18 bits per heavy atom. The Morgan fingerprint density at radius 3 is 2.36 bits per heavy atom. The molecule has 3 aliphatic rings. The van der Waals surface area contributed by atoms with Crippen molar-refractivity contribution >= 4 is 11.5 Å². The molecule has 8 nitrogen and oxygen atoms in total. The second kappa shape index (κ2) is 11.8. The van der Waals surface area contributed by atoms with Gasteiger partial charge in [0.05, 0.1) is 0 Å². The van der Waals surface area contributed by atoms with Gasteiger partial charge in [0, 0.05) is 36.7 Å². The molecule has 1 atom stereocenters. The Bertz CT molecular complexity index is 949. The third-order valence-corrected chi connectivity index (χ3v) is 5.69. The van der Waals surface area contributed by atoms with Crippen LogP contribution in [-0.4, -0.2) is 36.6 Å². The molecule has 1 aromatic heterocycles. The topological polar surface area (TPSA) is 93.8 Å². The largest absolute Gasteiger partial charge is 0.345 e. The van der Waals surface area contributed by atoms with Gasteiger partial charge >= 0.3 is 0 Å². The standard InChI is InChI=1S/C21H26N6.C3H6.CH6N2/c1-5-16-11-15(3)27(13-16)20-9-7-17(10-14(20)2)18-6-8-19(22-12-18)21-23-25-26(4)24-21;1-2-3-1;1-3-2/h6-10,12,16,25H,3,5,11,13H2,1-2,4H3,(H,23,24);1-3H2;3H,2H2,1H3.